The van der Waals surface area contributed by atoms with Gasteiger partial charge in [0.1, 0.15) is 5.75 Å². The maximum absolute atomic E-state index is 5.89. The first-order valence-corrected chi connectivity index (χ1v) is 6.65. The van der Waals surface area contributed by atoms with Gasteiger partial charge in [-0.3, -0.25) is 0 Å². The van der Waals surface area contributed by atoms with Crippen LogP contribution in [0.15, 0.2) is 54.6 Å². The molecule has 0 saturated heterocycles. The molecule has 0 heterocycles. The van der Waals surface area contributed by atoms with Crippen LogP contribution < -0.4 is 4.74 Å². The summed E-state index contributed by atoms with van der Waals surface area (Å²) in [6.45, 7) is 2.94. The quantitative estimate of drug-likeness (QED) is 0.733. The second-order valence-electron chi connectivity index (χ2n) is 4.44. The van der Waals surface area contributed by atoms with Crippen molar-refractivity contribution in [1.29, 1.82) is 0 Å². The van der Waals surface area contributed by atoms with E-state index in [1.807, 2.05) is 12.1 Å². The van der Waals surface area contributed by atoms with E-state index in [1.54, 1.807) is 0 Å². The smallest absolute Gasteiger partial charge is 0.122 e. The van der Waals surface area contributed by atoms with Crippen LogP contribution in [0.2, 0.25) is 0 Å². The molecule has 0 spiro atoms. The van der Waals surface area contributed by atoms with Gasteiger partial charge in [-0.1, -0.05) is 61.9 Å². The first-order valence-electron chi connectivity index (χ1n) is 6.65. The van der Waals surface area contributed by atoms with E-state index >= 15 is 0 Å². The van der Waals surface area contributed by atoms with Crippen molar-refractivity contribution in [2.75, 3.05) is 6.61 Å². The maximum Gasteiger partial charge on any atom is 0.122 e. The Bertz CT molecular complexity index is 462. The summed E-state index contributed by atoms with van der Waals surface area (Å²) in [5.41, 5.74) is 2.64. The Hall–Kier alpha value is -1.76. The summed E-state index contributed by atoms with van der Waals surface area (Å²) >= 11 is 0. The summed E-state index contributed by atoms with van der Waals surface area (Å²) in [5, 5.41) is 0. The third-order valence-corrected chi connectivity index (χ3v) is 2.98. The van der Waals surface area contributed by atoms with E-state index in [-0.39, 0.29) is 0 Å². The van der Waals surface area contributed by atoms with Crippen molar-refractivity contribution in [2.45, 2.75) is 26.2 Å². The van der Waals surface area contributed by atoms with Crippen molar-refractivity contribution >= 4 is 0 Å². The van der Waals surface area contributed by atoms with Gasteiger partial charge in [-0.25, -0.2) is 0 Å². The van der Waals surface area contributed by atoms with Crippen LogP contribution >= 0.6 is 0 Å². The average Bonchev–Trinajstić information content (AvgIpc) is 2.42. The molecule has 0 fully saturated rings. The summed E-state index contributed by atoms with van der Waals surface area (Å²) in [5.74, 6) is 1.04. The number of rotatable bonds is 6. The summed E-state index contributed by atoms with van der Waals surface area (Å²) in [4.78, 5) is 0. The van der Waals surface area contributed by atoms with Crippen molar-refractivity contribution < 1.29 is 4.74 Å². The van der Waals surface area contributed by atoms with E-state index in [0.717, 1.165) is 31.6 Å². The molecule has 18 heavy (non-hydrogen) atoms. The zero-order chi connectivity index (χ0) is 12.6. The molecule has 0 unspecified atom stereocenters. The number of hydrogen-bond acceptors (Lipinski definition) is 1. The molecule has 2 rings (SSSR count). The zero-order valence-corrected chi connectivity index (χ0v) is 10.9. The number of benzene rings is 2. The normalized spacial score (nSPS) is 10.3. The minimum Gasteiger partial charge on any atom is -0.493 e. The van der Waals surface area contributed by atoms with Crippen molar-refractivity contribution in [2.24, 2.45) is 0 Å². The second-order valence-corrected chi connectivity index (χ2v) is 4.44. The molecule has 0 aromatic heterocycles. The largest absolute Gasteiger partial charge is 0.493 e. The fourth-order valence-electron chi connectivity index (χ4n) is 2.04. The highest BCUT2D eigenvalue weighted by Gasteiger charge is 2.01. The molecule has 0 saturated carbocycles. The molecular weight excluding hydrogens is 220 g/mol. The first-order chi connectivity index (χ1) is 8.90. The van der Waals surface area contributed by atoms with Gasteiger partial charge in [-0.15, -0.1) is 0 Å². The van der Waals surface area contributed by atoms with Gasteiger partial charge in [0.2, 0.25) is 0 Å². The van der Waals surface area contributed by atoms with Crippen molar-refractivity contribution in [1.82, 2.24) is 0 Å². The first kappa shape index (κ1) is 12.7. The lowest BCUT2D eigenvalue weighted by Crippen LogP contribution is -2.03. The van der Waals surface area contributed by atoms with Gasteiger partial charge in [0, 0.05) is 6.42 Å². The standard InChI is InChI=1S/C17H20O/c1-2-8-16-11-6-7-12-17(16)18-14-13-15-9-4-3-5-10-15/h3-7,9-12H,2,8,13-14H2,1H3. The minimum absolute atomic E-state index is 0.741. The molecule has 1 nitrogen and oxygen atoms in total. The number of hydrogen-bond donors (Lipinski definition) is 0. The lowest BCUT2D eigenvalue weighted by molar-refractivity contribution is 0.318. The molecule has 1 heteroatoms. The van der Waals surface area contributed by atoms with Crippen LogP contribution in [0.4, 0.5) is 0 Å². The van der Waals surface area contributed by atoms with E-state index in [1.165, 1.54) is 11.1 Å². The van der Waals surface area contributed by atoms with Crippen LogP contribution in [0.25, 0.3) is 0 Å². The lowest BCUT2D eigenvalue weighted by atomic mass is 10.1. The predicted molar refractivity (Wildman–Crippen MR) is 76.1 cm³/mol. The van der Waals surface area contributed by atoms with E-state index in [2.05, 4.69) is 49.4 Å². The highest BCUT2D eigenvalue weighted by atomic mass is 16.5. The number of aryl methyl sites for hydroxylation is 1. The van der Waals surface area contributed by atoms with Gasteiger partial charge in [-0.05, 0) is 23.6 Å². The van der Waals surface area contributed by atoms with Gasteiger partial charge in [0.05, 0.1) is 6.61 Å². The predicted octanol–water partition coefficient (Wildman–Crippen LogP) is 4.26. The van der Waals surface area contributed by atoms with Gasteiger partial charge in [0.15, 0.2) is 0 Å². The number of para-hydroxylation sites is 1. The molecule has 2 aromatic carbocycles. The van der Waals surface area contributed by atoms with Crippen LogP contribution in [-0.4, -0.2) is 6.61 Å². The summed E-state index contributed by atoms with van der Waals surface area (Å²) in [6.07, 6.45) is 3.20. The Kier molecular flexibility index (Phi) is 4.83. The highest BCUT2D eigenvalue weighted by Crippen LogP contribution is 2.19. The van der Waals surface area contributed by atoms with Crippen molar-refractivity contribution in [3.05, 3.63) is 65.7 Å². The number of ether oxygens (including phenoxy) is 1. The SMILES string of the molecule is CCCc1ccccc1OCCc1ccccc1. The third-order valence-electron chi connectivity index (χ3n) is 2.98. The minimum atomic E-state index is 0.741. The molecule has 0 atom stereocenters. The average molecular weight is 240 g/mol. The van der Waals surface area contributed by atoms with Gasteiger partial charge >= 0.3 is 0 Å². The molecule has 0 N–H and O–H groups in total. The van der Waals surface area contributed by atoms with Crippen LogP contribution in [-0.2, 0) is 12.8 Å². The van der Waals surface area contributed by atoms with Crippen LogP contribution in [0.5, 0.6) is 5.75 Å². The van der Waals surface area contributed by atoms with Crippen molar-refractivity contribution in [3.8, 4) is 5.75 Å². The van der Waals surface area contributed by atoms with Crippen LogP contribution in [0, 0.1) is 0 Å². The Morgan fingerprint density at radius 1 is 0.833 bits per heavy atom. The molecule has 0 aliphatic rings. The monoisotopic (exact) mass is 240 g/mol. The summed E-state index contributed by atoms with van der Waals surface area (Å²) in [6, 6.07) is 18.8. The van der Waals surface area contributed by atoms with E-state index in [0.29, 0.717) is 0 Å². The molecule has 0 bridgehead atoms. The summed E-state index contributed by atoms with van der Waals surface area (Å²) in [7, 11) is 0. The maximum atomic E-state index is 5.89. The Labute approximate surface area is 109 Å². The molecule has 0 amide bonds. The van der Waals surface area contributed by atoms with Gasteiger partial charge in [-0.2, -0.15) is 0 Å². The van der Waals surface area contributed by atoms with Crippen molar-refractivity contribution in [3.63, 3.8) is 0 Å². The van der Waals surface area contributed by atoms with Gasteiger partial charge < -0.3 is 4.74 Å². The molecule has 0 radical (unpaired) electrons. The zero-order valence-electron chi connectivity index (χ0n) is 10.9. The fraction of sp³-hybridized carbons (Fsp3) is 0.294. The third kappa shape index (κ3) is 3.63. The van der Waals surface area contributed by atoms with E-state index in [4.69, 9.17) is 4.74 Å². The highest BCUT2D eigenvalue weighted by molar-refractivity contribution is 5.33. The Morgan fingerprint density at radius 3 is 2.33 bits per heavy atom. The fourth-order valence-corrected chi connectivity index (χ4v) is 2.04. The molecule has 0 aliphatic carbocycles. The molecule has 94 valence electrons. The Morgan fingerprint density at radius 2 is 1.56 bits per heavy atom. The van der Waals surface area contributed by atoms with Gasteiger partial charge in [0.25, 0.3) is 0 Å². The molecular formula is C17H20O. The lowest BCUT2D eigenvalue weighted by Gasteiger charge is -2.10. The topological polar surface area (TPSA) is 9.23 Å². The Balaban J connectivity index is 1.90. The molecule has 0 aliphatic heterocycles. The van der Waals surface area contributed by atoms with E-state index in [9.17, 15) is 0 Å². The molecule has 2 aromatic rings. The van der Waals surface area contributed by atoms with E-state index < -0.39 is 0 Å². The van der Waals surface area contributed by atoms with Crippen LogP contribution in [0.1, 0.15) is 24.5 Å². The second kappa shape index (κ2) is 6.85. The van der Waals surface area contributed by atoms with Crippen LogP contribution in [0.3, 0.4) is 0 Å². The summed E-state index contributed by atoms with van der Waals surface area (Å²) < 4.78 is 5.89.